The van der Waals surface area contributed by atoms with Gasteiger partial charge in [0, 0.05) is 7.05 Å². The number of amides is 1. The van der Waals surface area contributed by atoms with E-state index in [0.717, 1.165) is 19.2 Å². The van der Waals surface area contributed by atoms with E-state index >= 15 is 0 Å². The fourth-order valence-corrected chi connectivity index (χ4v) is 1.61. The van der Waals surface area contributed by atoms with Gasteiger partial charge < -0.3 is 4.18 Å². The van der Waals surface area contributed by atoms with E-state index in [9.17, 15) is 26.4 Å². The number of para-hydroxylation sites is 1. The van der Waals surface area contributed by atoms with Gasteiger partial charge in [-0.15, -0.1) is 0 Å². The molecule has 1 rings (SSSR count). The number of hydrogen-bond acceptors (Lipinski definition) is 5. The summed E-state index contributed by atoms with van der Waals surface area (Å²) in [6.45, 7) is 0. The number of alkyl halides is 3. The van der Waals surface area contributed by atoms with Crippen LogP contribution >= 0.6 is 0 Å². The molecule has 0 aliphatic heterocycles. The topological polar surface area (TPSA) is 72.9 Å². The molecule has 0 aliphatic rings. The first kappa shape index (κ1) is 16.2. The number of nitrogens with zero attached hydrogens (tertiary/aromatic N) is 1. The van der Waals surface area contributed by atoms with Gasteiger partial charge in [-0.2, -0.15) is 21.6 Å². The summed E-state index contributed by atoms with van der Waals surface area (Å²) in [4.78, 5) is 16.4. The van der Waals surface area contributed by atoms with Crippen molar-refractivity contribution in [2.45, 2.75) is 5.51 Å². The van der Waals surface area contributed by atoms with E-state index in [1.54, 1.807) is 0 Å². The van der Waals surface area contributed by atoms with Gasteiger partial charge in [0.15, 0.2) is 5.75 Å². The summed E-state index contributed by atoms with van der Waals surface area (Å²) in [5.74, 6) is -1.60. The van der Waals surface area contributed by atoms with Gasteiger partial charge in [0.05, 0.1) is 12.7 Å². The molecule has 0 heterocycles. The molecule has 0 saturated carbocycles. The zero-order valence-electron chi connectivity index (χ0n) is 10.3. The van der Waals surface area contributed by atoms with E-state index < -0.39 is 27.3 Å². The van der Waals surface area contributed by atoms with Crippen LogP contribution in [0.15, 0.2) is 24.3 Å². The van der Waals surface area contributed by atoms with Gasteiger partial charge in [0.2, 0.25) is 0 Å². The molecule has 20 heavy (non-hydrogen) atoms. The second-order valence-electron chi connectivity index (χ2n) is 3.46. The lowest BCUT2D eigenvalue weighted by atomic mass is 10.2. The van der Waals surface area contributed by atoms with Crippen molar-refractivity contribution in [1.29, 1.82) is 0 Å². The summed E-state index contributed by atoms with van der Waals surface area (Å²) < 4.78 is 62.6. The van der Waals surface area contributed by atoms with Crippen molar-refractivity contribution in [1.82, 2.24) is 5.06 Å². The number of halogens is 3. The second kappa shape index (κ2) is 5.67. The maximum atomic E-state index is 12.2. The highest BCUT2D eigenvalue weighted by molar-refractivity contribution is 7.88. The zero-order chi connectivity index (χ0) is 15.6. The van der Waals surface area contributed by atoms with Gasteiger partial charge in [-0.1, -0.05) is 12.1 Å². The Morgan fingerprint density at radius 2 is 1.80 bits per heavy atom. The molecule has 1 aromatic rings. The number of carbonyl (C=O) groups is 1. The molecule has 6 nitrogen and oxygen atoms in total. The van der Waals surface area contributed by atoms with Crippen molar-refractivity contribution in [3.8, 4) is 5.75 Å². The van der Waals surface area contributed by atoms with Crippen LogP contribution in [0.2, 0.25) is 0 Å². The fraction of sp³-hybridized carbons (Fsp3) is 0.300. The Balaban J connectivity index is 3.19. The normalized spacial score (nSPS) is 12.1. The van der Waals surface area contributed by atoms with Crippen LogP contribution in [-0.2, 0) is 15.0 Å². The molecule has 1 amide bonds. The van der Waals surface area contributed by atoms with Crippen molar-refractivity contribution >= 4 is 16.0 Å². The highest BCUT2D eigenvalue weighted by Crippen LogP contribution is 2.29. The second-order valence-corrected chi connectivity index (χ2v) is 5.00. The molecule has 10 heteroatoms. The van der Waals surface area contributed by atoms with E-state index in [4.69, 9.17) is 0 Å². The van der Waals surface area contributed by atoms with E-state index in [0.29, 0.717) is 5.06 Å². The van der Waals surface area contributed by atoms with E-state index in [1.807, 2.05) is 0 Å². The maximum absolute atomic E-state index is 12.2. The summed E-state index contributed by atoms with van der Waals surface area (Å²) in [5.41, 5.74) is -5.97. The summed E-state index contributed by atoms with van der Waals surface area (Å²) in [6, 6.07) is 4.60. The average Bonchev–Trinajstić information content (AvgIpc) is 2.36. The average molecular weight is 313 g/mol. The molecule has 112 valence electrons. The predicted octanol–water partition coefficient (Wildman–Crippen LogP) is 1.55. The third kappa shape index (κ3) is 3.39. The molecule has 0 N–H and O–H groups in total. The van der Waals surface area contributed by atoms with Crippen molar-refractivity contribution in [3.63, 3.8) is 0 Å². The number of hydrogen-bond donors (Lipinski definition) is 0. The van der Waals surface area contributed by atoms with Crippen molar-refractivity contribution in [2.24, 2.45) is 0 Å². The molecule has 0 spiro atoms. The Hall–Kier alpha value is -1.81. The SMILES string of the molecule is CON(C)C(=O)c1ccccc1OS(=O)(=O)C(F)(F)F. The standard InChI is InChI=1S/C10H10F3NO5S/c1-14(18-2)9(15)7-5-3-4-6-8(7)19-20(16,17)10(11,12)13/h3-6H,1-2H3. The van der Waals surface area contributed by atoms with Gasteiger partial charge in [0.25, 0.3) is 5.91 Å². The molecule has 0 saturated heterocycles. The van der Waals surface area contributed by atoms with Crippen molar-refractivity contribution < 1.29 is 35.4 Å². The van der Waals surface area contributed by atoms with Crippen LogP contribution in [0, 0.1) is 0 Å². The largest absolute Gasteiger partial charge is 0.534 e. The minimum atomic E-state index is -5.85. The quantitative estimate of drug-likeness (QED) is 0.479. The van der Waals surface area contributed by atoms with E-state index in [1.165, 1.54) is 19.2 Å². The number of rotatable bonds is 4. The highest BCUT2D eigenvalue weighted by atomic mass is 32.2. The van der Waals surface area contributed by atoms with Crippen LogP contribution in [0.5, 0.6) is 5.75 Å². The van der Waals surface area contributed by atoms with Crippen LogP contribution in [0.1, 0.15) is 10.4 Å². The third-order valence-electron chi connectivity index (χ3n) is 2.16. The highest BCUT2D eigenvalue weighted by Gasteiger charge is 2.49. The number of benzene rings is 1. The first-order valence-electron chi connectivity index (χ1n) is 5.02. The minimum Gasteiger partial charge on any atom is -0.375 e. The van der Waals surface area contributed by atoms with Crippen LogP contribution in [-0.4, -0.2) is 39.1 Å². The molecular formula is C10H10F3NO5S. The van der Waals surface area contributed by atoms with Crippen LogP contribution in [0.4, 0.5) is 13.2 Å². The van der Waals surface area contributed by atoms with Crippen LogP contribution in [0.25, 0.3) is 0 Å². The molecule has 0 bridgehead atoms. The van der Waals surface area contributed by atoms with Crippen molar-refractivity contribution in [3.05, 3.63) is 29.8 Å². The monoisotopic (exact) mass is 313 g/mol. The fourth-order valence-electron chi connectivity index (χ4n) is 1.13. The molecule has 0 fully saturated rings. The van der Waals surface area contributed by atoms with E-state index in [-0.39, 0.29) is 5.56 Å². The summed E-state index contributed by atoms with van der Waals surface area (Å²) >= 11 is 0. The summed E-state index contributed by atoms with van der Waals surface area (Å²) in [6.07, 6.45) is 0. The Labute approximate surface area is 112 Å². The van der Waals surface area contributed by atoms with Gasteiger partial charge in [-0.05, 0) is 12.1 Å². The Morgan fingerprint density at radius 3 is 2.30 bits per heavy atom. The molecule has 0 aliphatic carbocycles. The number of hydroxylamine groups is 2. The van der Waals surface area contributed by atoms with Gasteiger partial charge in [-0.3, -0.25) is 9.63 Å². The Kier molecular flexibility index (Phi) is 4.61. The maximum Gasteiger partial charge on any atom is 0.534 e. The first-order valence-corrected chi connectivity index (χ1v) is 6.43. The molecule has 1 aromatic carbocycles. The van der Waals surface area contributed by atoms with Gasteiger partial charge >= 0.3 is 15.6 Å². The molecule has 0 radical (unpaired) electrons. The van der Waals surface area contributed by atoms with Crippen molar-refractivity contribution in [2.75, 3.05) is 14.2 Å². The minimum absolute atomic E-state index is 0.385. The molecule has 0 atom stereocenters. The van der Waals surface area contributed by atoms with Gasteiger partial charge in [-0.25, -0.2) is 5.06 Å². The predicted molar refractivity (Wildman–Crippen MR) is 61.1 cm³/mol. The molecular weight excluding hydrogens is 303 g/mol. The lowest BCUT2D eigenvalue weighted by molar-refractivity contribution is -0.0758. The number of carbonyl (C=O) groups excluding carboxylic acids is 1. The van der Waals surface area contributed by atoms with Crippen LogP contribution < -0.4 is 4.18 Å². The molecule has 0 aromatic heterocycles. The Morgan fingerprint density at radius 1 is 1.25 bits per heavy atom. The summed E-state index contributed by atoms with van der Waals surface area (Å²) in [7, 11) is -3.48. The van der Waals surface area contributed by atoms with E-state index in [2.05, 4.69) is 9.02 Å². The first-order chi connectivity index (χ1) is 9.10. The zero-order valence-corrected chi connectivity index (χ0v) is 11.2. The third-order valence-corrected chi connectivity index (χ3v) is 3.13. The van der Waals surface area contributed by atoms with Crippen LogP contribution in [0.3, 0.4) is 0 Å². The smallest absolute Gasteiger partial charge is 0.375 e. The lowest BCUT2D eigenvalue weighted by Gasteiger charge is -2.16. The summed E-state index contributed by atoms with van der Waals surface area (Å²) in [5, 5.41) is 0.711. The lowest BCUT2D eigenvalue weighted by Crippen LogP contribution is -2.30. The Bertz CT molecular complexity index is 599. The molecule has 0 unspecified atom stereocenters. The van der Waals surface area contributed by atoms with Gasteiger partial charge in [0.1, 0.15) is 0 Å².